The minimum Gasteiger partial charge on any atom is -0.369 e. The van der Waals surface area contributed by atoms with Gasteiger partial charge in [0.05, 0.1) is 11.6 Å². The number of thiophene rings is 1. The molecule has 22 heavy (non-hydrogen) atoms. The molecule has 1 aliphatic heterocycles. The fraction of sp³-hybridized carbons (Fsp3) is 0.500. The molecule has 0 bridgehead atoms. The second-order valence-electron chi connectivity index (χ2n) is 5.41. The molecule has 1 aliphatic rings. The van der Waals surface area contributed by atoms with Gasteiger partial charge in [-0.25, -0.2) is 0 Å². The summed E-state index contributed by atoms with van der Waals surface area (Å²) < 4.78 is 0. The Kier molecular flexibility index (Phi) is 5.15. The zero-order valence-corrected chi connectivity index (χ0v) is 13.2. The first-order valence-corrected chi connectivity index (χ1v) is 7.99. The van der Waals surface area contributed by atoms with Crippen LogP contribution >= 0.6 is 11.3 Å². The Morgan fingerprint density at radius 3 is 2.50 bits per heavy atom. The van der Waals surface area contributed by atoms with Gasteiger partial charge >= 0.3 is 0 Å². The van der Waals surface area contributed by atoms with Crippen LogP contribution in [-0.2, 0) is 9.59 Å². The molecule has 7 nitrogen and oxygen atoms in total. The summed E-state index contributed by atoms with van der Waals surface area (Å²) in [5, 5.41) is 4.92. The predicted molar refractivity (Wildman–Crippen MR) is 84.4 cm³/mol. The number of piperidine rings is 1. The van der Waals surface area contributed by atoms with E-state index in [9.17, 15) is 14.4 Å². The molecule has 120 valence electrons. The highest BCUT2D eigenvalue weighted by Crippen LogP contribution is 2.24. The van der Waals surface area contributed by atoms with Crippen molar-refractivity contribution in [3.63, 3.8) is 0 Å². The van der Waals surface area contributed by atoms with Crippen molar-refractivity contribution in [1.29, 1.82) is 0 Å². The summed E-state index contributed by atoms with van der Waals surface area (Å²) in [6.45, 7) is 3.10. The summed E-state index contributed by atoms with van der Waals surface area (Å²) in [6.07, 6.45) is 1.33. The lowest BCUT2D eigenvalue weighted by Gasteiger charge is -2.34. The largest absolute Gasteiger partial charge is 0.369 e. The van der Waals surface area contributed by atoms with Crippen LogP contribution in [0.2, 0.25) is 0 Å². The van der Waals surface area contributed by atoms with Crippen molar-refractivity contribution in [1.82, 2.24) is 4.90 Å². The Bertz CT molecular complexity index is 578. The predicted octanol–water partition coefficient (Wildman–Crippen LogP) is 0.371. The van der Waals surface area contributed by atoms with Crippen molar-refractivity contribution in [3.8, 4) is 0 Å². The summed E-state index contributed by atoms with van der Waals surface area (Å²) in [5.41, 5.74) is 10.9. The number of nitrogens with one attached hydrogen (secondary N) is 1. The van der Waals surface area contributed by atoms with Gasteiger partial charge in [0, 0.05) is 5.92 Å². The van der Waals surface area contributed by atoms with Gasteiger partial charge in [0.2, 0.25) is 11.8 Å². The minimum atomic E-state index is -0.563. The van der Waals surface area contributed by atoms with Gasteiger partial charge < -0.3 is 16.8 Å². The number of rotatable bonds is 5. The number of anilines is 1. The standard InChI is InChI=1S/C14H20N4O3S/c1-8(18-5-2-9(3-6-18)11(15)19)13(21)17-14-10(12(16)20)4-7-22-14/h4,7-9H,2-3,5-6H2,1H3,(H2,15,19)(H2,16,20)(H,17,21). The smallest absolute Gasteiger partial charge is 0.251 e. The number of nitrogens with two attached hydrogens (primary N) is 2. The molecular weight excluding hydrogens is 304 g/mol. The number of primary amides is 2. The van der Waals surface area contributed by atoms with Crippen LogP contribution in [0.5, 0.6) is 0 Å². The Labute approximate surface area is 132 Å². The van der Waals surface area contributed by atoms with E-state index in [-0.39, 0.29) is 23.8 Å². The first kappa shape index (κ1) is 16.4. The number of likely N-dealkylation sites (tertiary alicyclic amines) is 1. The number of hydrogen-bond acceptors (Lipinski definition) is 5. The van der Waals surface area contributed by atoms with E-state index in [2.05, 4.69) is 5.32 Å². The molecule has 1 saturated heterocycles. The summed E-state index contributed by atoms with van der Waals surface area (Å²) in [4.78, 5) is 36.7. The Morgan fingerprint density at radius 1 is 1.32 bits per heavy atom. The van der Waals surface area contributed by atoms with Crippen LogP contribution in [0.3, 0.4) is 0 Å². The molecular formula is C14H20N4O3S. The van der Waals surface area contributed by atoms with E-state index in [1.54, 1.807) is 18.4 Å². The molecule has 0 aromatic carbocycles. The maximum Gasteiger partial charge on any atom is 0.251 e. The highest BCUT2D eigenvalue weighted by molar-refractivity contribution is 7.14. The molecule has 1 fully saturated rings. The van der Waals surface area contributed by atoms with E-state index in [0.29, 0.717) is 36.5 Å². The summed E-state index contributed by atoms with van der Waals surface area (Å²) in [7, 11) is 0. The van der Waals surface area contributed by atoms with Crippen LogP contribution in [0.4, 0.5) is 5.00 Å². The fourth-order valence-corrected chi connectivity index (χ4v) is 3.35. The first-order valence-electron chi connectivity index (χ1n) is 7.11. The van der Waals surface area contributed by atoms with Gasteiger partial charge in [-0.15, -0.1) is 11.3 Å². The van der Waals surface area contributed by atoms with Crippen LogP contribution in [0.1, 0.15) is 30.1 Å². The molecule has 0 aliphatic carbocycles. The molecule has 5 N–H and O–H groups in total. The topological polar surface area (TPSA) is 119 Å². The van der Waals surface area contributed by atoms with Crippen molar-refractivity contribution < 1.29 is 14.4 Å². The van der Waals surface area contributed by atoms with Gasteiger partial charge in [0.25, 0.3) is 5.91 Å². The van der Waals surface area contributed by atoms with Gasteiger partial charge in [0.1, 0.15) is 5.00 Å². The normalized spacial score (nSPS) is 17.9. The zero-order chi connectivity index (χ0) is 16.3. The lowest BCUT2D eigenvalue weighted by atomic mass is 9.95. The van der Waals surface area contributed by atoms with Gasteiger partial charge in [-0.3, -0.25) is 19.3 Å². The average molecular weight is 324 g/mol. The lowest BCUT2D eigenvalue weighted by Crippen LogP contribution is -2.47. The number of amides is 3. The highest BCUT2D eigenvalue weighted by Gasteiger charge is 2.29. The van der Waals surface area contributed by atoms with E-state index in [1.165, 1.54) is 11.3 Å². The van der Waals surface area contributed by atoms with Crippen molar-refractivity contribution >= 4 is 34.1 Å². The third-order valence-electron chi connectivity index (χ3n) is 4.03. The van der Waals surface area contributed by atoms with Crippen LogP contribution < -0.4 is 16.8 Å². The molecule has 0 saturated carbocycles. The SMILES string of the molecule is CC(C(=O)Nc1sccc1C(N)=O)N1CCC(C(N)=O)CC1. The third kappa shape index (κ3) is 3.63. The average Bonchev–Trinajstić information content (AvgIpc) is 2.94. The van der Waals surface area contributed by atoms with Crippen LogP contribution in [0.25, 0.3) is 0 Å². The second-order valence-corrected chi connectivity index (χ2v) is 6.32. The minimum absolute atomic E-state index is 0.106. The molecule has 2 heterocycles. The summed E-state index contributed by atoms with van der Waals surface area (Å²) >= 11 is 1.26. The number of carbonyl (C=O) groups excluding carboxylic acids is 3. The molecule has 0 spiro atoms. The number of carbonyl (C=O) groups is 3. The molecule has 8 heteroatoms. The van der Waals surface area contributed by atoms with Gasteiger partial charge in [0.15, 0.2) is 0 Å². The molecule has 2 rings (SSSR count). The summed E-state index contributed by atoms with van der Waals surface area (Å²) in [5.74, 6) is -1.14. The van der Waals surface area contributed by atoms with E-state index in [0.717, 1.165) is 0 Å². The van der Waals surface area contributed by atoms with Crippen molar-refractivity contribution in [2.75, 3.05) is 18.4 Å². The quantitative estimate of drug-likeness (QED) is 0.725. The van der Waals surface area contributed by atoms with Crippen molar-refractivity contribution in [2.45, 2.75) is 25.8 Å². The van der Waals surface area contributed by atoms with Gasteiger partial charge in [-0.05, 0) is 44.3 Å². The van der Waals surface area contributed by atoms with Crippen LogP contribution in [0, 0.1) is 5.92 Å². The van der Waals surface area contributed by atoms with E-state index in [4.69, 9.17) is 11.5 Å². The molecule has 0 radical (unpaired) electrons. The lowest BCUT2D eigenvalue weighted by molar-refractivity contribution is -0.124. The van der Waals surface area contributed by atoms with E-state index in [1.807, 2.05) is 4.90 Å². The zero-order valence-electron chi connectivity index (χ0n) is 12.4. The van der Waals surface area contributed by atoms with Gasteiger partial charge in [-0.1, -0.05) is 0 Å². The van der Waals surface area contributed by atoms with E-state index < -0.39 is 5.91 Å². The maximum atomic E-state index is 12.3. The molecule has 1 unspecified atom stereocenters. The molecule has 1 aromatic heterocycles. The second kappa shape index (κ2) is 6.89. The fourth-order valence-electron chi connectivity index (χ4n) is 2.55. The number of hydrogen-bond donors (Lipinski definition) is 3. The Morgan fingerprint density at radius 2 is 1.95 bits per heavy atom. The van der Waals surface area contributed by atoms with Gasteiger partial charge in [-0.2, -0.15) is 0 Å². The van der Waals surface area contributed by atoms with Crippen LogP contribution in [0.15, 0.2) is 11.4 Å². The number of nitrogens with zero attached hydrogens (tertiary/aromatic N) is 1. The Balaban J connectivity index is 1.94. The Hall–Kier alpha value is -1.93. The summed E-state index contributed by atoms with van der Waals surface area (Å²) in [6, 6.07) is 1.24. The molecule has 3 amide bonds. The molecule has 1 aromatic rings. The van der Waals surface area contributed by atoms with Crippen molar-refractivity contribution in [2.24, 2.45) is 17.4 Å². The van der Waals surface area contributed by atoms with E-state index >= 15 is 0 Å². The van der Waals surface area contributed by atoms with Crippen LogP contribution in [-0.4, -0.2) is 41.8 Å². The third-order valence-corrected chi connectivity index (χ3v) is 4.86. The monoisotopic (exact) mass is 324 g/mol. The first-order chi connectivity index (χ1) is 10.4. The van der Waals surface area contributed by atoms with Crippen molar-refractivity contribution in [3.05, 3.63) is 17.0 Å². The molecule has 1 atom stereocenters. The highest BCUT2D eigenvalue weighted by atomic mass is 32.1. The maximum absolute atomic E-state index is 12.3.